The first-order chi connectivity index (χ1) is 6.74. The topological polar surface area (TPSA) is 43.8 Å². The van der Waals surface area contributed by atoms with Gasteiger partial charge in [0.15, 0.2) is 0 Å². The van der Waals surface area contributed by atoms with Gasteiger partial charge in [-0.05, 0) is 33.2 Å². The molecule has 1 aliphatic heterocycles. The fraction of sp³-hybridized carbons (Fsp3) is 0.727. The molecule has 2 N–H and O–H groups in total. The third-order valence-corrected chi connectivity index (χ3v) is 3.13. The normalized spacial score (nSPS) is 20.9. The summed E-state index contributed by atoms with van der Waals surface area (Å²) in [6, 6.07) is 0.612. The quantitative estimate of drug-likeness (QED) is 0.775. The van der Waals surface area contributed by atoms with Crippen LogP contribution in [0.4, 0.5) is 0 Å². The van der Waals surface area contributed by atoms with Crippen LogP contribution in [0.25, 0.3) is 0 Å². The summed E-state index contributed by atoms with van der Waals surface area (Å²) in [5.41, 5.74) is 8.16. The van der Waals surface area contributed by atoms with E-state index in [0.29, 0.717) is 6.04 Å². The van der Waals surface area contributed by atoms with Crippen LogP contribution in [-0.4, -0.2) is 16.1 Å². The molecular formula is C11H19N3. The van der Waals surface area contributed by atoms with Crippen LogP contribution in [-0.2, 0) is 12.8 Å². The number of fused-ring (bicyclic) bond motifs is 1. The van der Waals surface area contributed by atoms with E-state index in [4.69, 9.17) is 5.73 Å². The van der Waals surface area contributed by atoms with Crippen molar-refractivity contribution in [2.24, 2.45) is 5.73 Å². The molecule has 1 atom stereocenters. The molecule has 0 radical (unpaired) electrons. The highest BCUT2D eigenvalue weighted by Gasteiger charge is 2.21. The fourth-order valence-electron chi connectivity index (χ4n) is 2.46. The van der Waals surface area contributed by atoms with Crippen molar-refractivity contribution < 1.29 is 0 Å². The first-order valence-corrected chi connectivity index (χ1v) is 5.50. The highest BCUT2D eigenvalue weighted by molar-refractivity contribution is 5.19. The van der Waals surface area contributed by atoms with Gasteiger partial charge in [-0.15, -0.1) is 0 Å². The molecule has 0 fully saturated rings. The Labute approximate surface area is 85.3 Å². The summed E-state index contributed by atoms with van der Waals surface area (Å²) >= 11 is 0. The molecule has 1 aliphatic rings. The van der Waals surface area contributed by atoms with Crippen LogP contribution in [0.3, 0.4) is 0 Å². The molecular weight excluding hydrogens is 174 g/mol. The smallest absolute Gasteiger partial charge is 0.109 e. The summed E-state index contributed by atoms with van der Waals surface area (Å²) in [7, 11) is 0. The second-order valence-electron chi connectivity index (χ2n) is 4.21. The molecule has 1 aromatic heterocycles. The SMILES string of the molecule is Cc1nc2n(c1CCN)C(C)CCC2. The van der Waals surface area contributed by atoms with E-state index in [9.17, 15) is 0 Å². The Morgan fingerprint density at radius 1 is 1.57 bits per heavy atom. The van der Waals surface area contributed by atoms with Gasteiger partial charge in [0.25, 0.3) is 0 Å². The van der Waals surface area contributed by atoms with Crippen molar-refractivity contribution in [1.82, 2.24) is 9.55 Å². The fourth-order valence-corrected chi connectivity index (χ4v) is 2.46. The first-order valence-electron chi connectivity index (χ1n) is 5.50. The van der Waals surface area contributed by atoms with E-state index < -0.39 is 0 Å². The number of aromatic nitrogens is 2. The van der Waals surface area contributed by atoms with E-state index >= 15 is 0 Å². The van der Waals surface area contributed by atoms with Crippen LogP contribution in [0.2, 0.25) is 0 Å². The minimum Gasteiger partial charge on any atom is -0.330 e. The Morgan fingerprint density at radius 2 is 2.36 bits per heavy atom. The highest BCUT2D eigenvalue weighted by Crippen LogP contribution is 2.27. The number of aryl methyl sites for hydroxylation is 2. The third kappa shape index (κ3) is 1.46. The average Bonchev–Trinajstić information content (AvgIpc) is 2.45. The van der Waals surface area contributed by atoms with Crippen molar-refractivity contribution in [3.05, 3.63) is 17.2 Å². The van der Waals surface area contributed by atoms with Gasteiger partial charge in [0.05, 0.1) is 5.69 Å². The molecule has 0 saturated heterocycles. The van der Waals surface area contributed by atoms with Crippen molar-refractivity contribution in [3.63, 3.8) is 0 Å². The number of hydrogen-bond acceptors (Lipinski definition) is 2. The molecule has 0 spiro atoms. The largest absolute Gasteiger partial charge is 0.330 e. The molecule has 0 aliphatic carbocycles. The molecule has 1 aromatic rings. The number of imidazole rings is 1. The Kier molecular flexibility index (Phi) is 2.59. The van der Waals surface area contributed by atoms with Gasteiger partial charge in [0, 0.05) is 24.6 Å². The van der Waals surface area contributed by atoms with Crippen LogP contribution < -0.4 is 5.73 Å². The maximum absolute atomic E-state index is 5.63. The molecule has 3 nitrogen and oxygen atoms in total. The Hall–Kier alpha value is -0.830. The van der Waals surface area contributed by atoms with Crippen molar-refractivity contribution in [2.45, 2.75) is 45.6 Å². The molecule has 2 heterocycles. The van der Waals surface area contributed by atoms with Crippen molar-refractivity contribution in [2.75, 3.05) is 6.54 Å². The first kappa shape index (κ1) is 9.71. The molecule has 0 bridgehead atoms. The Balaban J connectivity index is 2.43. The second-order valence-corrected chi connectivity index (χ2v) is 4.21. The minimum absolute atomic E-state index is 0.612. The molecule has 3 heteroatoms. The summed E-state index contributed by atoms with van der Waals surface area (Å²) in [5.74, 6) is 1.27. The van der Waals surface area contributed by atoms with Crippen molar-refractivity contribution in [3.8, 4) is 0 Å². The number of nitrogens with two attached hydrogens (primary N) is 1. The van der Waals surface area contributed by atoms with Gasteiger partial charge in [-0.2, -0.15) is 0 Å². The van der Waals surface area contributed by atoms with Crippen LogP contribution >= 0.6 is 0 Å². The Bertz CT molecular complexity index is 328. The minimum atomic E-state index is 0.612. The summed E-state index contributed by atoms with van der Waals surface area (Å²) in [6.45, 7) is 5.10. The maximum Gasteiger partial charge on any atom is 0.109 e. The lowest BCUT2D eigenvalue weighted by Crippen LogP contribution is -2.19. The lowest BCUT2D eigenvalue weighted by atomic mass is 10.1. The lowest BCUT2D eigenvalue weighted by Gasteiger charge is -2.23. The summed E-state index contributed by atoms with van der Waals surface area (Å²) in [4.78, 5) is 4.63. The molecule has 0 saturated carbocycles. The summed E-state index contributed by atoms with van der Waals surface area (Å²) in [6.07, 6.45) is 4.65. The van der Waals surface area contributed by atoms with E-state index in [1.165, 1.54) is 30.1 Å². The summed E-state index contributed by atoms with van der Waals surface area (Å²) < 4.78 is 2.41. The number of hydrogen-bond donors (Lipinski definition) is 1. The number of nitrogens with zero attached hydrogens (tertiary/aromatic N) is 2. The molecule has 2 rings (SSSR count). The van der Waals surface area contributed by atoms with Crippen LogP contribution in [0.15, 0.2) is 0 Å². The standard InChI is InChI=1S/C11H19N3/c1-8-4-3-5-11-13-9(2)10(6-7-12)14(8)11/h8H,3-7,12H2,1-2H3. The van der Waals surface area contributed by atoms with Gasteiger partial charge in [0.1, 0.15) is 5.82 Å². The van der Waals surface area contributed by atoms with Crippen molar-refractivity contribution in [1.29, 1.82) is 0 Å². The van der Waals surface area contributed by atoms with Gasteiger partial charge >= 0.3 is 0 Å². The van der Waals surface area contributed by atoms with Crippen LogP contribution in [0, 0.1) is 6.92 Å². The lowest BCUT2D eigenvalue weighted by molar-refractivity contribution is 0.415. The number of rotatable bonds is 2. The summed E-state index contributed by atoms with van der Waals surface area (Å²) in [5, 5.41) is 0. The van der Waals surface area contributed by atoms with Gasteiger partial charge in [-0.3, -0.25) is 0 Å². The molecule has 0 aromatic carbocycles. The van der Waals surface area contributed by atoms with Crippen LogP contribution in [0.1, 0.15) is 43.0 Å². The van der Waals surface area contributed by atoms with Crippen LogP contribution in [0.5, 0.6) is 0 Å². The molecule has 0 amide bonds. The maximum atomic E-state index is 5.63. The molecule has 14 heavy (non-hydrogen) atoms. The average molecular weight is 193 g/mol. The van der Waals surface area contributed by atoms with E-state index in [0.717, 1.165) is 19.4 Å². The van der Waals surface area contributed by atoms with Gasteiger partial charge in [-0.1, -0.05) is 0 Å². The van der Waals surface area contributed by atoms with E-state index in [1.807, 2.05) is 0 Å². The molecule has 1 unspecified atom stereocenters. The highest BCUT2D eigenvalue weighted by atomic mass is 15.1. The van der Waals surface area contributed by atoms with Gasteiger partial charge in [0.2, 0.25) is 0 Å². The second kappa shape index (κ2) is 3.73. The molecule has 78 valence electrons. The third-order valence-electron chi connectivity index (χ3n) is 3.13. The zero-order chi connectivity index (χ0) is 10.1. The van der Waals surface area contributed by atoms with Gasteiger partial charge < -0.3 is 10.3 Å². The zero-order valence-corrected chi connectivity index (χ0v) is 9.08. The predicted molar refractivity (Wildman–Crippen MR) is 57.4 cm³/mol. The monoisotopic (exact) mass is 193 g/mol. The van der Waals surface area contributed by atoms with Gasteiger partial charge in [-0.25, -0.2) is 4.98 Å². The zero-order valence-electron chi connectivity index (χ0n) is 9.08. The Morgan fingerprint density at radius 3 is 3.07 bits per heavy atom. The van der Waals surface area contributed by atoms with E-state index in [2.05, 4.69) is 23.4 Å². The predicted octanol–water partition coefficient (Wildman–Crippen LogP) is 1.59. The van der Waals surface area contributed by atoms with E-state index in [-0.39, 0.29) is 0 Å². The van der Waals surface area contributed by atoms with E-state index in [1.54, 1.807) is 0 Å². The van der Waals surface area contributed by atoms with Crippen molar-refractivity contribution >= 4 is 0 Å².